The Bertz CT molecular complexity index is 452. The Morgan fingerprint density at radius 2 is 2.26 bits per heavy atom. The second kappa shape index (κ2) is 6.77. The molecule has 0 spiro atoms. The summed E-state index contributed by atoms with van der Waals surface area (Å²) in [6, 6.07) is 5.28. The molecule has 0 radical (unpaired) electrons. The molecule has 0 saturated heterocycles. The van der Waals surface area contributed by atoms with Crippen LogP contribution in [0.2, 0.25) is 0 Å². The Balaban J connectivity index is 2.99. The lowest BCUT2D eigenvalue weighted by molar-refractivity contribution is -0.142. The van der Waals surface area contributed by atoms with Gasteiger partial charge in [-0.15, -0.1) is 11.8 Å². The number of rotatable bonds is 7. The van der Waals surface area contributed by atoms with Gasteiger partial charge >= 0.3 is 5.97 Å². The number of carboxylic acids is 1. The van der Waals surface area contributed by atoms with Crippen LogP contribution in [0.3, 0.4) is 0 Å². The minimum Gasteiger partial charge on any atom is -0.491 e. The lowest BCUT2D eigenvalue weighted by atomic mass is 9.94. The highest BCUT2D eigenvalue weighted by molar-refractivity contribution is 7.98. The quantitative estimate of drug-likeness (QED) is 0.751. The van der Waals surface area contributed by atoms with Gasteiger partial charge in [-0.1, -0.05) is 0 Å². The normalized spacial score (nSPS) is 13.9. The zero-order valence-corrected chi connectivity index (χ0v) is 11.8. The molecule has 0 bridgehead atoms. The molecule has 0 aliphatic rings. The zero-order valence-electron chi connectivity index (χ0n) is 11.0. The van der Waals surface area contributed by atoms with Crippen molar-refractivity contribution in [2.24, 2.45) is 5.73 Å². The van der Waals surface area contributed by atoms with E-state index in [0.29, 0.717) is 5.75 Å². The number of hydrogen-bond donors (Lipinski definition) is 2. The fraction of sp³-hybridized carbons (Fsp3) is 0.462. The molecular weight excluding hydrogens is 269 g/mol. The number of ether oxygens (including phenoxy) is 1. The molecule has 0 aliphatic heterocycles. The second-order valence-corrected chi connectivity index (χ2v) is 5.26. The maximum atomic E-state index is 12.1. The Hall–Kier alpha value is -1.27. The number of carbonyl (C=O) groups is 1. The smallest absolute Gasteiger partial charge is 0.323 e. The minimum atomic E-state index is -1.34. The van der Waals surface area contributed by atoms with Crippen LogP contribution >= 0.6 is 11.8 Å². The summed E-state index contributed by atoms with van der Waals surface area (Å²) in [7, 11) is 0. The van der Waals surface area contributed by atoms with Gasteiger partial charge in [0, 0.05) is 11.3 Å². The molecule has 1 aromatic carbocycles. The molecule has 19 heavy (non-hydrogen) atoms. The van der Waals surface area contributed by atoms with E-state index >= 15 is 0 Å². The van der Waals surface area contributed by atoms with Gasteiger partial charge in [-0.05, 0) is 36.9 Å². The van der Waals surface area contributed by atoms with Crippen molar-refractivity contribution >= 4 is 17.7 Å². The van der Waals surface area contributed by atoms with E-state index in [4.69, 9.17) is 15.6 Å². The van der Waals surface area contributed by atoms with Crippen molar-refractivity contribution in [1.29, 1.82) is 0 Å². The largest absolute Gasteiger partial charge is 0.491 e. The van der Waals surface area contributed by atoms with Crippen molar-refractivity contribution in [3.63, 3.8) is 0 Å². The summed E-state index contributed by atoms with van der Waals surface area (Å²) in [6.07, 6.45) is 2.08. The fourth-order valence-corrected chi connectivity index (χ4v) is 2.21. The average Bonchev–Trinajstić information content (AvgIpc) is 2.36. The standard InChI is InChI=1S/C13H18FNO3S/c1-13(15,12(16)17)8-9-7-10(18-6-5-14)3-4-11(9)19-2/h3-4,7H,5-6,8,15H2,1-2H3,(H,16,17). The first kappa shape index (κ1) is 15.8. The van der Waals surface area contributed by atoms with Crippen molar-refractivity contribution in [3.8, 4) is 5.75 Å². The third-order valence-electron chi connectivity index (χ3n) is 2.64. The van der Waals surface area contributed by atoms with Crippen LogP contribution in [0.4, 0.5) is 4.39 Å². The van der Waals surface area contributed by atoms with Gasteiger partial charge in [0.15, 0.2) is 0 Å². The second-order valence-electron chi connectivity index (χ2n) is 4.41. The molecule has 4 nitrogen and oxygen atoms in total. The highest BCUT2D eigenvalue weighted by Gasteiger charge is 2.29. The van der Waals surface area contributed by atoms with Crippen LogP contribution in [0.1, 0.15) is 12.5 Å². The molecule has 0 aliphatic carbocycles. The summed E-state index contributed by atoms with van der Waals surface area (Å²) >= 11 is 1.50. The van der Waals surface area contributed by atoms with Crippen LogP contribution in [-0.2, 0) is 11.2 Å². The van der Waals surface area contributed by atoms with E-state index in [9.17, 15) is 9.18 Å². The lowest BCUT2D eigenvalue weighted by Gasteiger charge is -2.21. The minimum absolute atomic E-state index is 0.0170. The van der Waals surface area contributed by atoms with Crippen LogP contribution in [0.15, 0.2) is 23.1 Å². The Kier molecular flexibility index (Phi) is 5.62. The summed E-state index contributed by atoms with van der Waals surface area (Å²) in [5.41, 5.74) is 5.20. The fourth-order valence-electron chi connectivity index (χ4n) is 1.61. The number of thioether (sulfide) groups is 1. The maximum Gasteiger partial charge on any atom is 0.323 e. The van der Waals surface area contributed by atoms with Crippen molar-refractivity contribution in [3.05, 3.63) is 23.8 Å². The van der Waals surface area contributed by atoms with Crippen LogP contribution < -0.4 is 10.5 Å². The first-order chi connectivity index (χ1) is 8.90. The molecule has 106 valence electrons. The number of nitrogens with two attached hydrogens (primary N) is 1. The molecular formula is C13H18FNO3S. The van der Waals surface area contributed by atoms with Crippen LogP contribution in [0, 0.1) is 0 Å². The third kappa shape index (κ3) is 4.40. The van der Waals surface area contributed by atoms with Gasteiger partial charge in [0.25, 0.3) is 0 Å². The van der Waals surface area contributed by atoms with E-state index in [1.54, 1.807) is 12.1 Å². The Morgan fingerprint density at radius 1 is 1.58 bits per heavy atom. The summed E-state index contributed by atoms with van der Waals surface area (Å²) in [5.74, 6) is -0.540. The summed E-state index contributed by atoms with van der Waals surface area (Å²) in [5, 5.41) is 9.06. The topological polar surface area (TPSA) is 72.5 Å². The van der Waals surface area contributed by atoms with Gasteiger partial charge in [0.05, 0.1) is 0 Å². The molecule has 1 rings (SSSR count). The molecule has 0 heterocycles. The molecule has 3 N–H and O–H groups in total. The summed E-state index contributed by atoms with van der Waals surface area (Å²) < 4.78 is 17.3. The third-order valence-corrected chi connectivity index (χ3v) is 3.48. The van der Waals surface area contributed by atoms with Crippen molar-refractivity contribution in [2.45, 2.75) is 23.8 Å². The molecule has 6 heteroatoms. The van der Waals surface area contributed by atoms with Crippen molar-refractivity contribution in [1.82, 2.24) is 0 Å². The first-order valence-corrected chi connectivity index (χ1v) is 7.01. The van der Waals surface area contributed by atoms with Crippen molar-refractivity contribution in [2.75, 3.05) is 19.5 Å². The average molecular weight is 287 g/mol. The van der Waals surface area contributed by atoms with Gasteiger partial charge in [-0.3, -0.25) is 4.79 Å². The van der Waals surface area contributed by atoms with E-state index in [2.05, 4.69) is 0 Å². The van der Waals surface area contributed by atoms with Crippen LogP contribution in [0.5, 0.6) is 5.75 Å². The van der Waals surface area contributed by atoms with E-state index in [0.717, 1.165) is 10.5 Å². The highest BCUT2D eigenvalue weighted by Crippen LogP contribution is 2.27. The molecule has 0 saturated carbocycles. The molecule has 1 atom stereocenters. The van der Waals surface area contributed by atoms with E-state index in [1.807, 2.05) is 12.3 Å². The van der Waals surface area contributed by atoms with Crippen LogP contribution in [0.25, 0.3) is 0 Å². The van der Waals surface area contributed by atoms with E-state index in [-0.39, 0.29) is 13.0 Å². The van der Waals surface area contributed by atoms with Gasteiger partial charge in [0.1, 0.15) is 24.6 Å². The molecule has 0 fully saturated rings. The highest BCUT2D eigenvalue weighted by atomic mass is 32.2. The number of halogens is 1. The number of hydrogen-bond acceptors (Lipinski definition) is 4. The monoisotopic (exact) mass is 287 g/mol. The summed E-state index contributed by atoms with van der Waals surface area (Å²) in [4.78, 5) is 12.0. The number of benzene rings is 1. The number of aliphatic carboxylic acids is 1. The van der Waals surface area contributed by atoms with Gasteiger partial charge in [-0.25, -0.2) is 4.39 Å². The van der Waals surface area contributed by atoms with Gasteiger partial charge in [-0.2, -0.15) is 0 Å². The van der Waals surface area contributed by atoms with Crippen molar-refractivity contribution < 1.29 is 19.0 Å². The Labute approximate surface area is 116 Å². The zero-order chi connectivity index (χ0) is 14.5. The predicted molar refractivity (Wildman–Crippen MR) is 73.6 cm³/mol. The molecule has 0 aromatic heterocycles. The summed E-state index contributed by atoms with van der Waals surface area (Å²) in [6.45, 7) is 0.884. The molecule has 0 amide bonds. The van der Waals surface area contributed by atoms with E-state index < -0.39 is 18.2 Å². The molecule has 1 unspecified atom stereocenters. The molecule has 1 aromatic rings. The van der Waals surface area contributed by atoms with Gasteiger partial charge in [0.2, 0.25) is 0 Å². The Morgan fingerprint density at radius 3 is 2.79 bits per heavy atom. The maximum absolute atomic E-state index is 12.1. The lowest BCUT2D eigenvalue weighted by Crippen LogP contribution is -2.46. The van der Waals surface area contributed by atoms with Gasteiger partial charge < -0.3 is 15.6 Å². The SMILES string of the molecule is CSc1ccc(OCCF)cc1CC(C)(N)C(=O)O. The first-order valence-electron chi connectivity index (χ1n) is 5.78. The van der Waals surface area contributed by atoms with Crippen LogP contribution in [-0.4, -0.2) is 36.2 Å². The predicted octanol–water partition coefficient (Wildman–Crippen LogP) is 2.10. The number of carboxylic acid groups (broad SMARTS) is 1. The van der Waals surface area contributed by atoms with E-state index in [1.165, 1.54) is 18.7 Å². The number of alkyl halides is 1.